The highest BCUT2D eigenvalue weighted by atomic mass is 16.1. The van der Waals surface area contributed by atoms with Crippen LogP contribution in [-0.2, 0) is 6.54 Å². The Hall–Kier alpha value is -1.84. The maximum Gasteiger partial charge on any atom is 0.248 e. The summed E-state index contributed by atoms with van der Waals surface area (Å²) < 4.78 is 0. The molecule has 0 fully saturated rings. The first kappa shape index (κ1) is 7.79. The molecule has 1 amide bonds. The summed E-state index contributed by atoms with van der Waals surface area (Å²) in [4.78, 5) is 14.9. The summed E-state index contributed by atoms with van der Waals surface area (Å²) in [6.07, 6.45) is 1.62. The van der Waals surface area contributed by atoms with Crippen molar-refractivity contribution < 1.29 is 4.79 Å². The number of hydrogen-bond donors (Lipinski definition) is 2. The van der Waals surface area contributed by atoms with Crippen LogP contribution in [0.5, 0.6) is 0 Å². The van der Waals surface area contributed by atoms with Crippen LogP contribution in [0.25, 0.3) is 0 Å². The summed E-state index contributed by atoms with van der Waals surface area (Å²) >= 11 is 0. The van der Waals surface area contributed by atoms with Gasteiger partial charge in [0.15, 0.2) is 0 Å². The third-order valence-corrected chi connectivity index (χ3v) is 1.96. The van der Waals surface area contributed by atoms with E-state index in [9.17, 15) is 4.79 Å². The second kappa shape index (κ2) is 2.90. The van der Waals surface area contributed by atoms with Crippen LogP contribution in [0.15, 0.2) is 23.2 Å². The van der Waals surface area contributed by atoms with E-state index in [1.807, 2.05) is 6.07 Å². The molecule has 0 saturated heterocycles. The number of nitrogens with two attached hydrogens (primary N) is 1. The lowest BCUT2D eigenvalue weighted by Crippen LogP contribution is -2.15. The average Bonchev–Trinajstić information content (AvgIpc) is 2.17. The monoisotopic (exact) mass is 175 g/mol. The Balaban J connectivity index is 2.48. The number of benzene rings is 1. The van der Waals surface area contributed by atoms with E-state index in [1.54, 1.807) is 18.5 Å². The minimum atomic E-state index is -0.420. The van der Waals surface area contributed by atoms with Gasteiger partial charge in [0.1, 0.15) is 0 Å². The van der Waals surface area contributed by atoms with E-state index in [2.05, 4.69) is 10.3 Å². The van der Waals surface area contributed by atoms with Crippen molar-refractivity contribution in [2.45, 2.75) is 6.54 Å². The summed E-state index contributed by atoms with van der Waals surface area (Å²) in [6, 6.07) is 5.28. The number of aliphatic imine (C=N–C) groups is 1. The zero-order valence-electron chi connectivity index (χ0n) is 6.95. The van der Waals surface area contributed by atoms with Gasteiger partial charge in [-0.15, -0.1) is 0 Å². The average molecular weight is 175 g/mol. The van der Waals surface area contributed by atoms with Crippen molar-refractivity contribution in [1.82, 2.24) is 5.32 Å². The molecule has 0 unspecified atom stereocenters. The normalized spacial score (nSPS) is 13.2. The van der Waals surface area contributed by atoms with E-state index in [-0.39, 0.29) is 0 Å². The van der Waals surface area contributed by atoms with Crippen molar-refractivity contribution in [3.05, 3.63) is 29.3 Å². The molecule has 3 N–H and O–H groups in total. The van der Waals surface area contributed by atoms with Crippen LogP contribution in [0.3, 0.4) is 0 Å². The Bertz CT molecular complexity index is 384. The topological polar surface area (TPSA) is 67.5 Å². The Kier molecular flexibility index (Phi) is 1.73. The van der Waals surface area contributed by atoms with Crippen molar-refractivity contribution in [2.24, 2.45) is 10.7 Å². The number of amides is 1. The van der Waals surface area contributed by atoms with E-state index >= 15 is 0 Å². The van der Waals surface area contributed by atoms with Crippen LogP contribution in [0, 0.1) is 0 Å². The number of nitrogens with zero attached hydrogens (tertiary/aromatic N) is 1. The molecule has 0 atom stereocenters. The van der Waals surface area contributed by atoms with Crippen molar-refractivity contribution in [1.29, 1.82) is 0 Å². The van der Waals surface area contributed by atoms with E-state index < -0.39 is 5.91 Å². The molecular weight excluding hydrogens is 166 g/mol. The standard InChI is InChI=1S/C9H9N3O/c10-9(13)6-1-2-7-4-11-5-12-8(7)3-6/h1-3,5H,4H2,(H2,10,13)(H,11,12). The molecular formula is C9H9N3O. The Labute approximate surface area is 75.5 Å². The van der Waals surface area contributed by atoms with Crippen molar-refractivity contribution in [3.8, 4) is 0 Å². The minimum absolute atomic E-state index is 0.420. The summed E-state index contributed by atoms with van der Waals surface area (Å²) in [5.74, 6) is -0.420. The van der Waals surface area contributed by atoms with E-state index in [0.29, 0.717) is 5.56 Å². The van der Waals surface area contributed by atoms with Gasteiger partial charge in [0.25, 0.3) is 0 Å². The molecule has 1 heterocycles. The van der Waals surface area contributed by atoms with Gasteiger partial charge < -0.3 is 11.1 Å². The van der Waals surface area contributed by atoms with Crippen molar-refractivity contribution >= 4 is 17.9 Å². The third kappa shape index (κ3) is 1.38. The first-order valence-electron chi connectivity index (χ1n) is 3.96. The molecule has 1 aromatic rings. The van der Waals surface area contributed by atoms with Gasteiger partial charge in [0.2, 0.25) is 5.91 Å². The van der Waals surface area contributed by atoms with Gasteiger partial charge in [-0.3, -0.25) is 4.79 Å². The number of carbonyl (C=O) groups excluding carboxylic acids is 1. The van der Waals surface area contributed by atoms with E-state index in [1.165, 1.54) is 0 Å². The Morgan fingerprint density at radius 1 is 1.54 bits per heavy atom. The fourth-order valence-corrected chi connectivity index (χ4v) is 1.26. The fourth-order valence-electron chi connectivity index (χ4n) is 1.26. The number of hydrogen-bond acceptors (Lipinski definition) is 3. The summed E-state index contributed by atoms with van der Waals surface area (Å²) in [5, 5.41) is 2.98. The van der Waals surface area contributed by atoms with Gasteiger partial charge in [0, 0.05) is 12.1 Å². The summed E-state index contributed by atoms with van der Waals surface area (Å²) in [5.41, 5.74) is 7.53. The Morgan fingerprint density at radius 3 is 3.15 bits per heavy atom. The largest absolute Gasteiger partial charge is 0.372 e. The molecule has 1 aliphatic rings. The number of rotatable bonds is 1. The number of carbonyl (C=O) groups is 1. The van der Waals surface area contributed by atoms with E-state index in [4.69, 9.17) is 5.73 Å². The quantitative estimate of drug-likeness (QED) is 0.654. The smallest absolute Gasteiger partial charge is 0.248 e. The Morgan fingerprint density at radius 2 is 2.38 bits per heavy atom. The van der Waals surface area contributed by atoms with Gasteiger partial charge in [0.05, 0.1) is 12.0 Å². The van der Waals surface area contributed by atoms with Gasteiger partial charge in [-0.25, -0.2) is 4.99 Å². The van der Waals surface area contributed by atoms with Crippen LogP contribution >= 0.6 is 0 Å². The molecule has 2 rings (SSSR count). The van der Waals surface area contributed by atoms with Crippen LogP contribution in [0.2, 0.25) is 0 Å². The van der Waals surface area contributed by atoms with Crippen molar-refractivity contribution in [3.63, 3.8) is 0 Å². The lowest BCUT2D eigenvalue weighted by molar-refractivity contribution is 0.100. The highest BCUT2D eigenvalue weighted by Gasteiger charge is 2.07. The molecule has 0 saturated carbocycles. The molecule has 0 bridgehead atoms. The first-order valence-corrected chi connectivity index (χ1v) is 3.96. The van der Waals surface area contributed by atoms with E-state index in [0.717, 1.165) is 17.8 Å². The van der Waals surface area contributed by atoms with Crippen LogP contribution in [0.4, 0.5) is 5.69 Å². The van der Waals surface area contributed by atoms with Gasteiger partial charge in [-0.05, 0) is 17.7 Å². The molecule has 1 aromatic carbocycles. The first-order chi connectivity index (χ1) is 6.27. The third-order valence-electron chi connectivity index (χ3n) is 1.96. The maximum atomic E-state index is 10.8. The number of fused-ring (bicyclic) bond motifs is 1. The zero-order chi connectivity index (χ0) is 9.26. The second-order valence-electron chi connectivity index (χ2n) is 2.85. The lowest BCUT2D eigenvalue weighted by atomic mass is 10.1. The molecule has 13 heavy (non-hydrogen) atoms. The zero-order valence-corrected chi connectivity index (χ0v) is 6.95. The molecule has 0 spiro atoms. The van der Waals surface area contributed by atoms with Crippen molar-refractivity contribution in [2.75, 3.05) is 0 Å². The predicted octanol–water partition coefficient (Wildman–Crippen LogP) is 0.549. The molecule has 4 heteroatoms. The molecule has 1 aliphatic heterocycles. The SMILES string of the molecule is NC(=O)c1ccc2c(c1)N=CNC2. The van der Waals surface area contributed by atoms with Crippen LogP contribution in [0.1, 0.15) is 15.9 Å². The molecule has 4 nitrogen and oxygen atoms in total. The summed E-state index contributed by atoms with van der Waals surface area (Å²) in [7, 11) is 0. The lowest BCUT2D eigenvalue weighted by Gasteiger charge is -2.11. The fraction of sp³-hybridized carbons (Fsp3) is 0.111. The summed E-state index contributed by atoms with van der Waals surface area (Å²) in [6.45, 7) is 0.748. The highest BCUT2D eigenvalue weighted by Crippen LogP contribution is 2.22. The molecule has 0 aromatic heterocycles. The molecule has 66 valence electrons. The van der Waals surface area contributed by atoms with Crippen LogP contribution < -0.4 is 11.1 Å². The molecule has 0 aliphatic carbocycles. The maximum absolute atomic E-state index is 10.8. The minimum Gasteiger partial charge on any atom is -0.372 e. The second-order valence-corrected chi connectivity index (χ2v) is 2.85. The molecule has 0 radical (unpaired) electrons. The predicted molar refractivity (Wildman–Crippen MR) is 50.0 cm³/mol. The number of primary amides is 1. The highest BCUT2D eigenvalue weighted by molar-refractivity contribution is 5.94. The van der Waals surface area contributed by atoms with Gasteiger partial charge in [-0.1, -0.05) is 6.07 Å². The van der Waals surface area contributed by atoms with Crippen LogP contribution in [-0.4, -0.2) is 12.2 Å². The number of nitrogens with one attached hydrogen (secondary N) is 1. The van der Waals surface area contributed by atoms with Gasteiger partial charge >= 0.3 is 0 Å². The van der Waals surface area contributed by atoms with Gasteiger partial charge in [-0.2, -0.15) is 0 Å².